The summed E-state index contributed by atoms with van der Waals surface area (Å²) in [7, 11) is 0. The van der Waals surface area contributed by atoms with E-state index < -0.39 is 0 Å². The number of rotatable bonds is 6. The number of H-pyrrole nitrogens is 2. The molecule has 136 valence electrons. The van der Waals surface area contributed by atoms with Gasteiger partial charge in [0.1, 0.15) is 11.6 Å². The van der Waals surface area contributed by atoms with Gasteiger partial charge in [0.05, 0.1) is 11.4 Å². The molecule has 2 N–H and O–H groups in total. The molecule has 1 fully saturated rings. The van der Waals surface area contributed by atoms with E-state index in [1.54, 1.807) is 6.07 Å². The number of nitrogens with zero attached hydrogens (tertiary/aromatic N) is 3. The standard InChI is InChI=1S/C18H26ClN5O/c1-3-4-5-16-22-15(18(19)23-16)11-24-8-6-13(7-9-24)14-10-17(25)21-12(2)20-14/h10,13H,3-9,11H2,1-2H3,(H,22,23)(H,20,21,25). The lowest BCUT2D eigenvalue weighted by atomic mass is 9.93. The first-order valence-electron chi connectivity index (χ1n) is 9.08. The van der Waals surface area contributed by atoms with Crippen molar-refractivity contribution in [1.29, 1.82) is 0 Å². The van der Waals surface area contributed by atoms with Crippen molar-refractivity contribution in [2.45, 2.75) is 58.4 Å². The van der Waals surface area contributed by atoms with Gasteiger partial charge < -0.3 is 9.97 Å². The van der Waals surface area contributed by atoms with Gasteiger partial charge in [0, 0.05) is 24.9 Å². The Kier molecular flexibility index (Phi) is 5.91. The van der Waals surface area contributed by atoms with Gasteiger partial charge in [-0.05, 0) is 39.3 Å². The molecule has 0 radical (unpaired) electrons. The van der Waals surface area contributed by atoms with Crippen molar-refractivity contribution in [2.24, 2.45) is 0 Å². The molecule has 3 heterocycles. The summed E-state index contributed by atoms with van der Waals surface area (Å²) in [6, 6.07) is 1.64. The van der Waals surface area contributed by atoms with Crippen LogP contribution in [0, 0.1) is 6.92 Å². The molecule has 3 rings (SSSR count). The molecule has 1 aliphatic rings. The third-order valence-corrected chi connectivity index (χ3v) is 5.12. The highest BCUT2D eigenvalue weighted by atomic mass is 35.5. The van der Waals surface area contributed by atoms with Crippen molar-refractivity contribution < 1.29 is 0 Å². The monoisotopic (exact) mass is 363 g/mol. The highest BCUT2D eigenvalue weighted by Gasteiger charge is 2.23. The molecule has 0 spiro atoms. The number of aryl methyl sites for hydroxylation is 2. The number of halogens is 1. The fourth-order valence-corrected chi connectivity index (χ4v) is 3.64. The Morgan fingerprint density at radius 2 is 2.04 bits per heavy atom. The number of nitrogens with one attached hydrogen (secondary N) is 2. The molecule has 0 amide bonds. The first kappa shape index (κ1) is 18.1. The van der Waals surface area contributed by atoms with Crippen LogP contribution in [0.25, 0.3) is 0 Å². The molecule has 0 atom stereocenters. The molecule has 2 aromatic heterocycles. The second-order valence-corrected chi connectivity index (χ2v) is 7.22. The first-order valence-corrected chi connectivity index (χ1v) is 9.46. The lowest BCUT2D eigenvalue weighted by molar-refractivity contribution is 0.201. The van der Waals surface area contributed by atoms with Crippen molar-refractivity contribution in [1.82, 2.24) is 24.8 Å². The van der Waals surface area contributed by atoms with E-state index in [1.165, 1.54) is 0 Å². The van der Waals surface area contributed by atoms with Gasteiger partial charge in [-0.1, -0.05) is 24.9 Å². The average Bonchev–Trinajstić information content (AvgIpc) is 2.92. The maximum Gasteiger partial charge on any atom is 0.251 e. The maximum absolute atomic E-state index is 11.6. The molecule has 0 bridgehead atoms. The highest BCUT2D eigenvalue weighted by molar-refractivity contribution is 6.30. The predicted molar refractivity (Wildman–Crippen MR) is 99.1 cm³/mol. The van der Waals surface area contributed by atoms with Crippen molar-refractivity contribution in [3.8, 4) is 0 Å². The number of imidazole rings is 1. The number of likely N-dealkylation sites (tertiary alicyclic amines) is 1. The number of hydrogen-bond acceptors (Lipinski definition) is 4. The Balaban J connectivity index is 1.57. The minimum atomic E-state index is -0.0613. The molecule has 0 aromatic carbocycles. The molecular formula is C18H26ClN5O. The van der Waals surface area contributed by atoms with E-state index in [-0.39, 0.29) is 5.56 Å². The maximum atomic E-state index is 11.6. The minimum Gasteiger partial charge on any atom is -0.344 e. The lowest BCUT2D eigenvalue weighted by Crippen LogP contribution is -2.33. The third kappa shape index (κ3) is 4.70. The molecule has 0 saturated carbocycles. The van der Waals surface area contributed by atoms with Crippen LogP contribution in [0.2, 0.25) is 5.15 Å². The number of piperidine rings is 1. The fourth-order valence-electron chi connectivity index (χ4n) is 3.43. The summed E-state index contributed by atoms with van der Waals surface area (Å²) in [6.07, 6.45) is 5.23. The summed E-state index contributed by atoms with van der Waals surface area (Å²) >= 11 is 6.29. The van der Waals surface area contributed by atoms with E-state index >= 15 is 0 Å². The van der Waals surface area contributed by atoms with Crippen molar-refractivity contribution in [3.05, 3.63) is 44.6 Å². The van der Waals surface area contributed by atoms with E-state index in [0.717, 1.165) is 69.0 Å². The summed E-state index contributed by atoms with van der Waals surface area (Å²) in [5.74, 6) is 2.03. The first-order chi connectivity index (χ1) is 12.0. The van der Waals surface area contributed by atoms with Crippen LogP contribution in [0.5, 0.6) is 0 Å². The zero-order valence-electron chi connectivity index (χ0n) is 14.9. The number of aromatic nitrogens is 4. The van der Waals surface area contributed by atoms with E-state index in [1.807, 2.05) is 6.92 Å². The molecule has 7 heteroatoms. The van der Waals surface area contributed by atoms with Crippen molar-refractivity contribution in [3.63, 3.8) is 0 Å². The van der Waals surface area contributed by atoms with Crippen molar-refractivity contribution >= 4 is 11.6 Å². The summed E-state index contributed by atoms with van der Waals surface area (Å²) < 4.78 is 0. The van der Waals surface area contributed by atoms with Gasteiger partial charge in [0.25, 0.3) is 5.56 Å². The normalized spacial score (nSPS) is 16.4. The van der Waals surface area contributed by atoms with E-state index in [2.05, 4.69) is 31.8 Å². The van der Waals surface area contributed by atoms with Crippen LogP contribution < -0.4 is 5.56 Å². The molecular weight excluding hydrogens is 338 g/mol. The number of unbranched alkanes of at least 4 members (excludes halogenated alkanes) is 1. The van der Waals surface area contributed by atoms with Gasteiger partial charge in [-0.15, -0.1) is 0 Å². The molecule has 25 heavy (non-hydrogen) atoms. The Morgan fingerprint density at radius 1 is 1.28 bits per heavy atom. The van der Waals surface area contributed by atoms with Crippen LogP contribution in [0.3, 0.4) is 0 Å². The summed E-state index contributed by atoms with van der Waals surface area (Å²) in [5.41, 5.74) is 1.87. The molecule has 0 aliphatic carbocycles. The molecule has 1 aliphatic heterocycles. The molecule has 2 aromatic rings. The number of aromatic amines is 2. The predicted octanol–water partition coefficient (Wildman–Crippen LogP) is 3.18. The van der Waals surface area contributed by atoms with Crippen LogP contribution in [0.4, 0.5) is 0 Å². The second-order valence-electron chi connectivity index (χ2n) is 6.86. The zero-order valence-corrected chi connectivity index (χ0v) is 15.7. The Bertz CT molecular complexity index is 761. The smallest absolute Gasteiger partial charge is 0.251 e. The zero-order chi connectivity index (χ0) is 17.8. The summed E-state index contributed by atoms with van der Waals surface area (Å²) in [4.78, 5) is 29.1. The SMILES string of the molecule is CCCCc1nc(Cl)c(CN2CCC(c3cc(=O)[nH]c(C)n3)CC2)[nH]1. The van der Waals surface area contributed by atoms with E-state index in [9.17, 15) is 4.79 Å². The van der Waals surface area contributed by atoms with E-state index in [4.69, 9.17) is 11.6 Å². The Labute approximate surface area is 153 Å². The lowest BCUT2D eigenvalue weighted by Gasteiger charge is -2.31. The quantitative estimate of drug-likeness (QED) is 0.826. The van der Waals surface area contributed by atoms with Crippen molar-refractivity contribution in [2.75, 3.05) is 13.1 Å². The van der Waals surface area contributed by atoms with Crippen LogP contribution in [0.1, 0.15) is 61.6 Å². The van der Waals surface area contributed by atoms with Gasteiger partial charge in [-0.2, -0.15) is 0 Å². The topological polar surface area (TPSA) is 77.7 Å². The van der Waals surface area contributed by atoms with Gasteiger partial charge in [-0.3, -0.25) is 9.69 Å². The molecule has 6 nitrogen and oxygen atoms in total. The summed E-state index contributed by atoms with van der Waals surface area (Å²) in [6.45, 7) is 6.74. The van der Waals surface area contributed by atoms with Crippen LogP contribution >= 0.6 is 11.6 Å². The van der Waals surface area contributed by atoms with Gasteiger partial charge in [-0.25, -0.2) is 9.97 Å². The van der Waals surface area contributed by atoms with Gasteiger partial charge in [0.2, 0.25) is 0 Å². The largest absolute Gasteiger partial charge is 0.344 e. The summed E-state index contributed by atoms with van der Waals surface area (Å²) in [5, 5.41) is 0.597. The molecule has 1 saturated heterocycles. The van der Waals surface area contributed by atoms with Crippen LogP contribution in [-0.4, -0.2) is 37.9 Å². The Hall–Kier alpha value is -1.66. The van der Waals surface area contributed by atoms with Crippen LogP contribution in [0.15, 0.2) is 10.9 Å². The average molecular weight is 364 g/mol. The third-order valence-electron chi connectivity index (χ3n) is 4.81. The molecule has 0 unspecified atom stereocenters. The fraction of sp³-hybridized carbons (Fsp3) is 0.611. The van der Waals surface area contributed by atoms with Gasteiger partial charge >= 0.3 is 0 Å². The Morgan fingerprint density at radius 3 is 2.72 bits per heavy atom. The highest BCUT2D eigenvalue weighted by Crippen LogP contribution is 2.27. The number of hydrogen-bond donors (Lipinski definition) is 2. The minimum absolute atomic E-state index is 0.0613. The van der Waals surface area contributed by atoms with Crippen LogP contribution in [-0.2, 0) is 13.0 Å². The van der Waals surface area contributed by atoms with Gasteiger partial charge in [0.15, 0.2) is 5.15 Å². The van der Waals surface area contributed by atoms with E-state index in [0.29, 0.717) is 16.9 Å². The second kappa shape index (κ2) is 8.15.